The number of halogens is 3. The van der Waals surface area contributed by atoms with E-state index in [0.29, 0.717) is 36.1 Å². The minimum absolute atomic E-state index is 0.0445. The number of nitrogens with zero attached hydrogens (tertiary/aromatic N) is 2. The van der Waals surface area contributed by atoms with E-state index in [0.717, 1.165) is 16.8 Å². The Morgan fingerprint density at radius 3 is 2.20 bits per heavy atom. The van der Waals surface area contributed by atoms with Crippen LogP contribution < -0.4 is 4.90 Å². The molecule has 6 heteroatoms. The van der Waals surface area contributed by atoms with Crippen LogP contribution in [0.2, 0.25) is 10.0 Å². The molecule has 0 bridgehead atoms. The van der Waals surface area contributed by atoms with Crippen LogP contribution in [0, 0.1) is 5.82 Å². The highest BCUT2D eigenvalue weighted by atomic mass is 35.5. The second-order valence-electron chi connectivity index (χ2n) is 7.13. The van der Waals surface area contributed by atoms with E-state index < -0.39 is 0 Å². The molecule has 30 heavy (non-hydrogen) atoms. The molecule has 0 atom stereocenters. The number of hydrogen-bond acceptors (Lipinski definition) is 2. The molecule has 156 valence electrons. The molecule has 0 saturated carbocycles. The van der Waals surface area contributed by atoms with E-state index in [1.54, 1.807) is 36.2 Å². The summed E-state index contributed by atoms with van der Waals surface area (Å²) < 4.78 is 13.3. The molecule has 0 heterocycles. The fraction of sp³-hybridized carbons (Fsp3) is 0.208. The number of hydrogen-bond donors (Lipinski definition) is 0. The van der Waals surface area contributed by atoms with Gasteiger partial charge in [-0.3, -0.25) is 4.79 Å². The zero-order valence-electron chi connectivity index (χ0n) is 16.7. The maximum atomic E-state index is 13.3. The standard InChI is InChI=1S/C24H23Cl2FN2O/c1-28(16-18-5-3-2-4-6-18)24(30)13-14-29(17-19-7-9-20(27)10-8-19)21-11-12-22(25)23(26)15-21/h2-12,15H,13-14,16-17H2,1H3. The van der Waals surface area contributed by atoms with Gasteiger partial charge in [-0.15, -0.1) is 0 Å². The summed E-state index contributed by atoms with van der Waals surface area (Å²) in [5.74, 6) is -0.236. The van der Waals surface area contributed by atoms with Crippen LogP contribution in [0.5, 0.6) is 0 Å². The number of amides is 1. The molecule has 0 aliphatic rings. The molecule has 3 rings (SSSR count). The molecule has 0 unspecified atom stereocenters. The number of anilines is 1. The Morgan fingerprint density at radius 2 is 1.53 bits per heavy atom. The van der Waals surface area contributed by atoms with E-state index >= 15 is 0 Å². The van der Waals surface area contributed by atoms with Gasteiger partial charge in [-0.1, -0.05) is 65.7 Å². The van der Waals surface area contributed by atoms with Crippen molar-refractivity contribution in [2.45, 2.75) is 19.5 Å². The van der Waals surface area contributed by atoms with Crippen molar-refractivity contribution in [1.82, 2.24) is 4.90 Å². The van der Waals surface area contributed by atoms with Gasteiger partial charge in [0.1, 0.15) is 5.82 Å². The SMILES string of the molecule is CN(Cc1ccccc1)C(=O)CCN(Cc1ccc(F)cc1)c1ccc(Cl)c(Cl)c1. The van der Waals surface area contributed by atoms with Gasteiger partial charge in [0.05, 0.1) is 10.0 Å². The monoisotopic (exact) mass is 444 g/mol. The Bertz CT molecular complexity index is 980. The maximum Gasteiger partial charge on any atom is 0.224 e. The first-order valence-corrected chi connectivity index (χ1v) is 10.4. The van der Waals surface area contributed by atoms with Crippen LogP contribution in [-0.2, 0) is 17.9 Å². The molecule has 3 aromatic rings. The lowest BCUT2D eigenvalue weighted by atomic mass is 10.1. The smallest absolute Gasteiger partial charge is 0.224 e. The van der Waals surface area contributed by atoms with Gasteiger partial charge in [-0.2, -0.15) is 0 Å². The largest absolute Gasteiger partial charge is 0.367 e. The van der Waals surface area contributed by atoms with Crippen LogP contribution in [0.1, 0.15) is 17.5 Å². The molecule has 1 amide bonds. The minimum Gasteiger partial charge on any atom is -0.367 e. The lowest BCUT2D eigenvalue weighted by Crippen LogP contribution is -2.32. The van der Waals surface area contributed by atoms with E-state index in [9.17, 15) is 9.18 Å². The van der Waals surface area contributed by atoms with Crippen LogP contribution in [0.25, 0.3) is 0 Å². The molecule has 0 saturated heterocycles. The first-order valence-electron chi connectivity index (χ1n) is 9.64. The third-order valence-electron chi connectivity index (χ3n) is 4.84. The van der Waals surface area contributed by atoms with Gasteiger partial charge in [0, 0.05) is 38.8 Å². The zero-order valence-corrected chi connectivity index (χ0v) is 18.2. The molecule has 0 radical (unpaired) electrons. The van der Waals surface area contributed by atoms with Crippen molar-refractivity contribution < 1.29 is 9.18 Å². The maximum absolute atomic E-state index is 13.3. The summed E-state index contributed by atoms with van der Waals surface area (Å²) in [6.07, 6.45) is 0.338. The van der Waals surface area contributed by atoms with Gasteiger partial charge in [0.15, 0.2) is 0 Å². The Hall–Kier alpha value is -2.56. The van der Waals surface area contributed by atoms with E-state index in [1.165, 1.54) is 12.1 Å². The quantitative estimate of drug-likeness (QED) is 0.413. The molecule has 0 aliphatic heterocycles. The van der Waals surface area contributed by atoms with Crippen LogP contribution in [0.4, 0.5) is 10.1 Å². The molecule has 0 aliphatic carbocycles. The summed E-state index contributed by atoms with van der Waals surface area (Å²) in [6, 6.07) is 21.6. The van der Waals surface area contributed by atoms with Crippen LogP contribution in [0.15, 0.2) is 72.8 Å². The van der Waals surface area contributed by atoms with Crippen molar-refractivity contribution in [1.29, 1.82) is 0 Å². The second-order valence-corrected chi connectivity index (χ2v) is 7.95. The molecule has 0 N–H and O–H groups in total. The highest BCUT2D eigenvalue weighted by Crippen LogP contribution is 2.28. The topological polar surface area (TPSA) is 23.6 Å². The lowest BCUT2D eigenvalue weighted by Gasteiger charge is -2.26. The number of benzene rings is 3. The van der Waals surface area contributed by atoms with Gasteiger partial charge in [-0.05, 0) is 41.5 Å². The molecule has 3 aromatic carbocycles. The zero-order chi connectivity index (χ0) is 21.5. The number of rotatable bonds is 8. The van der Waals surface area contributed by atoms with Crippen molar-refractivity contribution in [2.24, 2.45) is 0 Å². The van der Waals surface area contributed by atoms with Crippen molar-refractivity contribution in [3.63, 3.8) is 0 Å². The molecular formula is C24H23Cl2FN2O. The number of carbonyl (C=O) groups is 1. The molecule has 0 fully saturated rings. The van der Waals surface area contributed by atoms with Gasteiger partial charge < -0.3 is 9.80 Å². The third kappa shape index (κ3) is 6.22. The summed E-state index contributed by atoms with van der Waals surface area (Å²) in [7, 11) is 1.80. The predicted octanol–water partition coefficient (Wildman–Crippen LogP) is 6.19. The van der Waals surface area contributed by atoms with Crippen LogP contribution in [-0.4, -0.2) is 24.4 Å². The summed E-state index contributed by atoms with van der Waals surface area (Å²) in [4.78, 5) is 16.5. The third-order valence-corrected chi connectivity index (χ3v) is 5.58. The predicted molar refractivity (Wildman–Crippen MR) is 121 cm³/mol. The first kappa shape index (κ1) is 22.1. The number of carbonyl (C=O) groups excluding carboxylic acids is 1. The van der Waals surface area contributed by atoms with Crippen LogP contribution >= 0.6 is 23.2 Å². The van der Waals surface area contributed by atoms with Crippen LogP contribution in [0.3, 0.4) is 0 Å². The molecule has 3 nitrogen and oxygen atoms in total. The Kier molecular flexibility index (Phi) is 7.72. The van der Waals surface area contributed by atoms with Crippen molar-refractivity contribution in [2.75, 3.05) is 18.5 Å². The average Bonchev–Trinajstić information content (AvgIpc) is 2.75. The minimum atomic E-state index is -0.280. The summed E-state index contributed by atoms with van der Waals surface area (Å²) in [5, 5.41) is 0.923. The van der Waals surface area contributed by atoms with Gasteiger partial charge in [0.25, 0.3) is 0 Å². The lowest BCUT2D eigenvalue weighted by molar-refractivity contribution is -0.130. The summed E-state index contributed by atoms with van der Waals surface area (Å²) in [5.41, 5.74) is 2.88. The Balaban J connectivity index is 1.70. The van der Waals surface area contributed by atoms with Crippen molar-refractivity contribution in [3.05, 3.63) is 99.8 Å². The molecule has 0 spiro atoms. The molecule has 0 aromatic heterocycles. The fourth-order valence-corrected chi connectivity index (χ4v) is 3.45. The average molecular weight is 445 g/mol. The van der Waals surface area contributed by atoms with E-state index in [4.69, 9.17) is 23.2 Å². The van der Waals surface area contributed by atoms with E-state index in [2.05, 4.69) is 0 Å². The van der Waals surface area contributed by atoms with E-state index in [-0.39, 0.29) is 11.7 Å². The first-order chi connectivity index (χ1) is 14.4. The van der Waals surface area contributed by atoms with Gasteiger partial charge in [0.2, 0.25) is 5.91 Å². The van der Waals surface area contributed by atoms with E-state index in [1.807, 2.05) is 41.3 Å². The van der Waals surface area contributed by atoms with Crippen molar-refractivity contribution in [3.8, 4) is 0 Å². The second kappa shape index (κ2) is 10.5. The van der Waals surface area contributed by atoms with Gasteiger partial charge in [-0.25, -0.2) is 4.39 Å². The Morgan fingerprint density at radius 1 is 0.867 bits per heavy atom. The normalized spacial score (nSPS) is 10.7. The summed E-state index contributed by atoms with van der Waals surface area (Å²) >= 11 is 12.3. The highest BCUT2D eigenvalue weighted by Gasteiger charge is 2.15. The molecular weight excluding hydrogens is 422 g/mol. The Labute approximate surface area is 186 Å². The van der Waals surface area contributed by atoms with Gasteiger partial charge >= 0.3 is 0 Å². The highest BCUT2D eigenvalue weighted by molar-refractivity contribution is 6.42. The van der Waals surface area contributed by atoms with Crippen molar-refractivity contribution >= 4 is 34.8 Å². The fourth-order valence-electron chi connectivity index (χ4n) is 3.16. The summed E-state index contributed by atoms with van der Waals surface area (Å²) in [6.45, 7) is 1.58.